The second-order valence-electron chi connectivity index (χ2n) is 6.37. The third kappa shape index (κ3) is 3.52. The lowest BCUT2D eigenvalue weighted by atomic mass is 10.0. The van der Waals surface area contributed by atoms with Gasteiger partial charge >= 0.3 is 0 Å². The topological polar surface area (TPSA) is 29.5 Å². The molecule has 27 heavy (non-hydrogen) atoms. The van der Waals surface area contributed by atoms with Gasteiger partial charge in [0, 0.05) is 17.3 Å². The van der Waals surface area contributed by atoms with Gasteiger partial charge in [-0.25, -0.2) is 0 Å². The first kappa shape index (κ1) is 18.2. The van der Waals surface area contributed by atoms with Gasteiger partial charge < -0.3 is 9.64 Å². The molecule has 0 bridgehead atoms. The highest BCUT2D eigenvalue weighted by Gasteiger charge is 2.33. The molecule has 4 rings (SSSR count). The van der Waals surface area contributed by atoms with Crippen molar-refractivity contribution in [2.24, 2.45) is 0 Å². The number of halogens is 1. The molecule has 1 fully saturated rings. The zero-order valence-corrected chi connectivity index (χ0v) is 16.6. The Morgan fingerprint density at radius 3 is 2.85 bits per heavy atom. The van der Waals surface area contributed by atoms with Crippen molar-refractivity contribution in [3.63, 3.8) is 0 Å². The quantitative estimate of drug-likeness (QED) is 0.558. The smallest absolute Gasteiger partial charge is 0.259 e. The van der Waals surface area contributed by atoms with E-state index in [2.05, 4.69) is 0 Å². The van der Waals surface area contributed by atoms with E-state index in [1.165, 1.54) is 0 Å². The molecule has 0 aromatic heterocycles. The highest BCUT2D eigenvalue weighted by Crippen LogP contribution is 2.41. The first-order valence-corrected chi connectivity index (χ1v) is 10.4. The normalized spacial score (nSPS) is 16.7. The Labute approximate surface area is 168 Å². The fourth-order valence-electron chi connectivity index (χ4n) is 3.51. The second kappa shape index (κ2) is 7.83. The van der Waals surface area contributed by atoms with E-state index in [1.54, 1.807) is 11.8 Å². The number of ether oxygens (including phenoxy) is 1. The fourth-order valence-corrected chi connectivity index (χ4v) is 4.95. The summed E-state index contributed by atoms with van der Waals surface area (Å²) in [7, 11) is 0. The molecule has 1 heterocycles. The maximum atomic E-state index is 13.6. The number of amides is 1. The number of carbonyl (C=O) groups is 1. The summed E-state index contributed by atoms with van der Waals surface area (Å²) in [6.45, 7) is 3.16. The van der Waals surface area contributed by atoms with Gasteiger partial charge in [-0.2, -0.15) is 0 Å². The molecule has 1 saturated heterocycles. The Hall–Kier alpha value is -2.17. The number of rotatable bonds is 4. The Kier molecular flexibility index (Phi) is 5.28. The van der Waals surface area contributed by atoms with Gasteiger partial charge in [0.1, 0.15) is 11.1 Å². The molecule has 0 aliphatic carbocycles. The average Bonchev–Trinajstić information content (AvgIpc) is 3.17. The molecule has 5 heteroatoms. The van der Waals surface area contributed by atoms with Crippen LogP contribution in [0.25, 0.3) is 10.8 Å². The fraction of sp³-hybridized carbons (Fsp3) is 0.227. The molecule has 3 aromatic carbocycles. The van der Waals surface area contributed by atoms with E-state index in [1.807, 2.05) is 72.5 Å². The molecule has 1 amide bonds. The van der Waals surface area contributed by atoms with Crippen LogP contribution in [0.1, 0.15) is 28.2 Å². The van der Waals surface area contributed by atoms with E-state index in [0.29, 0.717) is 29.5 Å². The van der Waals surface area contributed by atoms with Gasteiger partial charge in [-0.1, -0.05) is 54.1 Å². The Morgan fingerprint density at radius 1 is 1.19 bits per heavy atom. The second-order valence-corrected chi connectivity index (χ2v) is 7.99. The lowest BCUT2D eigenvalue weighted by Crippen LogP contribution is -2.31. The summed E-state index contributed by atoms with van der Waals surface area (Å²) in [4.78, 5) is 15.6. The van der Waals surface area contributed by atoms with E-state index in [0.717, 1.165) is 22.1 Å². The van der Waals surface area contributed by atoms with Gasteiger partial charge in [-0.3, -0.25) is 4.79 Å². The zero-order chi connectivity index (χ0) is 18.8. The van der Waals surface area contributed by atoms with Crippen LogP contribution in [0.2, 0.25) is 5.02 Å². The molecule has 1 aliphatic rings. The van der Waals surface area contributed by atoms with Crippen molar-refractivity contribution in [2.45, 2.75) is 12.3 Å². The van der Waals surface area contributed by atoms with Crippen molar-refractivity contribution in [3.8, 4) is 5.75 Å². The van der Waals surface area contributed by atoms with Crippen molar-refractivity contribution in [1.82, 2.24) is 4.90 Å². The molecule has 1 aliphatic heterocycles. The van der Waals surface area contributed by atoms with Crippen molar-refractivity contribution >= 4 is 40.0 Å². The third-order valence-corrected chi connectivity index (χ3v) is 6.19. The largest absolute Gasteiger partial charge is 0.493 e. The minimum Gasteiger partial charge on any atom is -0.493 e. The summed E-state index contributed by atoms with van der Waals surface area (Å²) in [6.07, 6.45) is 0. The number of benzene rings is 3. The number of fused-ring (bicyclic) bond motifs is 1. The van der Waals surface area contributed by atoms with Crippen LogP contribution in [0.4, 0.5) is 0 Å². The van der Waals surface area contributed by atoms with Crippen molar-refractivity contribution in [1.29, 1.82) is 0 Å². The number of hydrogen-bond acceptors (Lipinski definition) is 3. The number of hydrogen-bond donors (Lipinski definition) is 0. The summed E-state index contributed by atoms with van der Waals surface area (Å²) in [5.41, 5.74) is 1.70. The molecule has 1 atom stereocenters. The van der Waals surface area contributed by atoms with Crippen LogP contribution >= 0.6 is 23.4 Å². The van der Waals surface area contributed by atoms with Gasteiger partial charge in [0.05, 0.1) is 12.2 Å². The lowest BCUT2D eigenvalue weighted by molar-refractivity contribution is 0.0758. The highest BCUT2D eigenvalue weighted by atomic mass is 35.5. The van der Waals surface area contributed by atoms with Crippen molar-refractivity contribution < 1.29 is 9.53 Å². The third-order valence-electron chi connectivity index (χ3n) is 4.69. The van der Waals surface area contributed by atoms with Crippen molar-refractivity contribution in [2.75, 3.05) is 18.9 Å². The van der Waals surface area contributed by atoms with E-state index >= 15 is 0 Å². The molecule has 3 nitrogen and oxygen atoms in total. The first-order chi connectivity index (χ1) is 13.2. The average molecular weight is 398 g/mol. The number of carbonyl (C=O) groups excluding carboxylic acids is 1. The van der Waals surface area contributed by atoms with E-state index in [4.69, 9.17) is 16.3 Å². The van der Waals surface area contributed by atoms with Crippen LogP contribution in [-0.4, -0.2) is 29.7 Å². The molecule has 1 unspecified atom stereocenters. The summed E-state index contributed by atoms with van der Waals surface area (Å²) >= 11 is 7.94. The maximum absolute atomic E-state index is 13.6. The monoisotopic (exact) mass is 397 g/mol. The van der Waals surface area contributed by atoms with Crippen LogP contribution in [0.3, 0.4) is 0 Å². The predicted molar refractivity (Wildman–Crippen MR) is 113 cm³/mol. The van der Waals surface area contributed by atoms with Crippen LogP contribution in [-0.2, 0) is 0 Å². The summed E-state index contributed by atoms with van der Waals surface area (Å²) in [5.74, 6) is 1.55. The van der Waals surface area contributed by atoms with Crippen LogP contribution in [0.5, 0.6) is 5.75 Å². The molecule has 138 valence electrons. The van der Waals surface area contributed by atoms with Crippen LogP contribution < -0.4 is 4.74 Å². The Balaban J connectivity index is 1.78. The minimum absolute atomic E-state index is 0.00484. The van der Waals surface area contributed by atoms with Crippen LogP contribution in [0, 0.1) is 0 Å². The van der Waals surface area contributed by atoms with Gasteiger partial charge in [0.2, 0.25) is 0 Å². The number of thioether (sulfide) groups is 1. The minimum atomic E-state index is -0.0374. The maximum Gasteiger partial charge on any atom is 0.259 e. The molecule has 0 N–H and O–H groups in total. The highest BCUT2D eigenvalue weighted by molar-refractivity contribution is 7.99. The standard InChI is InChI=1S/C22H20ClNO2S/c1-2-26-19-11-10-15-6-3-4-9-18(15)20(19)21(25)24-12-13-27-22(24)16-7-5-8-17(23)14-16/h3-11,14,22H,2,12-13H2,1H3. The Bertz CT molecular complexity index is 991. The summed E-state index contributed by atoms with van der Waals surface area (Å²) in [5, 5.41) is 2.61. The predicted octanol–water partition coefficient (Wildman–Crippen LogP) is 5.78. The van der Waals surface area contributed by atoms with E-state index < -0.39 is 0 Å². The number of nitrogens with zero attached hydrogens (tertiary/aromatic N) is 1. The van der Waals surface area contributed by atoms with Gasteiger partial charge in [-0.15, -0.1) is 11.8 Å². The van der Waals surface area contributed by atoms with Crippen molar-refractivity contribution in [3.05, 3.63) is 76.8 Å². The summed E-state index contributed by atoms with van der Waals surface area (Å²) < 4.78 is 5.81. The van der Waals surface area contributed by atoms with Gasteiger partial charge in [-0.05, 0) is 41.5 Å². The van der Waals surface area contributed by atoms with E-state index in [9.17, 15) is 4.79 Å². The zero-order valence-electron chi connectivity index (χ0n) is 15.0. The van der Waals surface area contributed by atoms with Gasteiger partial charge in [0.25, 0.3) is 5.91 Å². The molecule has 3 aromatic rings. The Morgan fingerprint density at radius 2 is 2.04 bits per heavy atom. The van der Waals surface area contributed by atoms with Gasteiger partial charge in [0.15, 0.2) is 0 Å². The molecular weight excluding hydrogens is 378 g/mol. The molecular formula is C22H20ClNO2S. The van der Waals surface area contributed by atoms with Crippen LogP contribution in [0.15, 0.2) is 60.7 Å². The SMILES string of the molecule is CCOc1ccc2ccccc2c1C(=O)N1CCSC1c1cccc(Cl)c1. The molecule has 0 saturated carbocycles. The first-order valence-electron chi connectivity index (χ1n) is 9.01. The summed E-state index contributed by atoms with van der Waals surface area (Å²) in [6, 6.07) is 19.6. The van der Waals surface area contributed by atoms with E-state index in [-0.39, 0.29) is 11.3 Å². The molecule has 0 radical (unpaired) electrons. The lowest BCUT2D eigenvalue weighted by Gasteiger charge is -2.26. The molecule has 0 spiro atoms.